The number of aromatic nitrogens is 2. The monoisotopic (exact) mass is 280 g/mol. The summed E-state index contributed by atoms with van der Waals surface area (Å²) < 4.78 is 6.55. The van der Waals surface area contributed by atoms with Crippen LogP contribution in [0.25, 0.3) is 0 Å². The zero-order valence-corrected chi connectivity index (χ0v) is 10.9. The van der Waals surface area contributed by atoms with Crippen LogP contribution in [0.4, 0.5) is 5.82 Å². The summed E-state index contributed by atoms with van der Waals surface area (Å²) in [6, 6.07) is 1.41. The van der Waals surface area contributed by atoms with E-state index in [0.29, 0.717) is 0 Å². The van der Waals surface area contributed by atoms with Gasteiger partial charge in [0.05, 0.1) is 6.61 Å². The van der Waals surface area contributed by atoms with E-state index in [2.05, 4.69) is 16.8 Å². The molecule has 0 radical (unpaired) electrons. The third-order valence-corrected chi connectivity index (χ3v) is 3.18. The molecule has 0 spiro atoms. The third kappa shape index (κ3) is 2.17. The summed E-state index contributed by atoms with van der Waals surface area (Å²) in [5, 5.41) is 19.3. The van der Waals surface area contributed by atoms with Gasteiger partial charge in [-0.15, -0.1) is 5.92 Å². The van der Waals surface area contributed by atoms with Gasteiger partial charge >= 0.3 is 5.69 Å². The van der Waals surface area contributed by atoms with E-state index in [1.165, 1.54) is 12.3 Å². The number of hydrogen-bond donors (Lipinski definition) is 4. The quantitative estimate of drug-likeness (QED) is 0.451. The molecule has 2 rings (SSSR count). The van der Waals surface area contributed by atoms with E-state index in [4.69, 9.17) is 16.2 Å². The van der Waals surface area contributed by atoms with Crippen LogP contribution in [0.3, 0.4) is 0 Å². The van der Waals surface area contributed by atoms with Gasteiger partial charge in [-0.05, 0) is 13.0 Å². The average Bonchev–Trinajstić information content (AvgIpc) is 2.63. The topological polar surface area (TPSA) is 137 Å². The molecule has 0 bridgehead atoms. The molecule has 1 saturated heterocycles. The highest BCUT2D eigenvalue weighted by atomic mass is 16.5. The summed E-state index contributed by atoms with van der Waals surface area (Å²) in [6.45, 7) is 1.10. The summed E-state index contributed by atoms with van der Waals surface area (Å²) >= 11 is 0. The van der Waals surface area contributed by atoms with Gasteiger partial charge in [-0.2, -0.15) is 4.98 Å². The molecule has 1 aliphatic rings. The molecule has 0 saturated carbocycles. The maximum absolute atomic E-state index is 11.9. The molecule has 108 valence electrons. The number of anilines is 1. The minimum absolute atomic E-state index is 0.0627. The standard InChI is InChI=1S/C12H16N4O4/c1-2-4-12(14)9(18)7(6-17)20-10(12)16-5-3-8(13)15-11(16)19/h3,5,7,9-10,17-18H,6,14H2,1H3,(H2,13,15,19)/t7-,9+,10-,12?/m1/s1. The number of hydrogen-bond acceptors (Lipinski definition) is 7. The maximum Gasteiger partial charge on any atom is 0.351 e. The SMILES string of the molecule is CC#CC1(N)[C@@H](O)[C@@H](CO)O[C@H]1n1ccc(N)nc1=O. The Morgan fingerprint density at radius 2 is 2.35 bits per heavy atom. The molecule has 0 aliphatic carbocycles. The fourth-order valence-corrected chi connectivity index (χ4v) is 2.20. The fraction of sp³-hybridized carbons (Fsp3) is 0.500. The van der Waals surface area contributed by atoms with Crippen LogP contribution in [0, 0.1) is 11.8 Å². The highest BCUT2D eigenvalue weighted by Crippen LogP contribution is 2.35. The van der Waals surface area contributed by atoms with Crippen molar-refractivity contribution in [3.05, 3.63) is 22.7 Å². The summed E-state index contributed by atoms with van der Waals surface area (Å²) in [7, 11) is 0. The zero-order valence-electron chi connectivity index (χ0n) is 10.9. The lowest BCUT2D eigenvalue weighted by Crippen LogP contribution is -2.54. The molecule has 1 aromatic rings. The molecular formula is C12H16N4O4. The predicted octanol–water partition coefficient (Wildman–Crippen LogP) is -2.20. The molecule has 1 fully saturated rings. The van der Waals surface area contributed by atoms with Crippen molar-refractivity contribution in [1.82, 2.24) is 9.55 Å². The van der Waals surface area contributed by atoms with Gasteiger partial charge in [0.15, 0.2) is 11.8 Å². The fourth-order valence-electron chi connectivity index (χ4n) is 2.20. The Labute approximate surface area is 115 Å². The Bertz CT molecular complexity index is 620. The van der Waals surface area contributed by atoms with Crippen molar-refractivity contribution in [3.63, 3.8) is 0 Å². The van der Waals surface area contributed by atoms with Gasteiger partial charge in [-0.1, -0.05) is 5.92 Å². The molecular weight excluding hydrogens is 264 g/mol. The number of nitrogens with zero attached hydrogens (tertiary/aromatic N) is 2. The maximum atomic E-state index is 11.9. The van der Waals surface area contributed by atoms with E-state index < -0.39 is 36.3 Å². The van der Waals surface area contributed by atoms with E-state index in [0.717, 1.165) is 4.57 Å². The summed E-state index contributed by atoms with van der Waals surface area (Å²) in [5.74, 6) is 5.31. The number of nitrogens with two attached hydrogens (primary N) is 2. The van der Waals surface area contributed by atoms with Crippen LogP contribution in [0.15, 0.2) is 17.1 Å². The number of rotatable bonds is 2. The van der Waals surface area contributed by atoms with E-state index >= 15 is 0 Å². The van der Waals surface area contributed by atoms with Crippen molar-refractivity contribution in [3.8, 4) is 11.8 Å². The van der Waals surface area contributed by atoms with Crippen LogP contribution in [0.5, 0.6) is 0 Å². The van der Waals surface area contributed by atoms with Gasteiger partial charge in [-0.3, -0.25) is 4.57 Å². The van der Waals surface area contributed by atoms with Crippen molar-refractivity contribution in [2.75, 3.05) is 12.3 Å². The van der Waals surface area contributed by atoms with Gasteiger partial charge in [0, 0.05) is 6.20 Å². The minimum atomic E-state index is -1.52. The predicted molar refractivity (Wildman–Crippen MR) is 70.3 cm³/mol. The molecule has 20 heavy (non-hydrogen) atoms. The average molecular weight is 280 g/mol. The largest absolute Gasteiger partial charge is 0.394 e. The van der Waals surface area contributed by atoms with E-state index in [1.807, 2.05) is 0 Å². The molecule has 4 atom stereocenters. The van der Waals surface area contributed by atoms with Gasteiger partial charge in [-0.25, -0.2) is 4.79 Å². The van der Waals surface area contributed by atoms with Crippen LogP contribution in [-0.2, 0) is 4.74 Å². The van der Waals surface area contributed by atoms with E-state index in [1.54, 1.807) is 6.92 Å². The van der Waals surface area contributed by atoms with Crippen molar-refractivity contribution in [1.29, 1.82) is 0 Å². The lowest BCUT2D eigenvalue weighted by atomic mass is 9.91. The van der Waals surface area contributed by atoms with Crippen molar-refractivity contribution >= 4 is 5.82 Å². The highest BCUT2D eigenvalue weighted by molar-refractivity contribution is 5.27. The van der Waals surface area contributed by atoms with Crippen molar-refractivity contribution < 1.29 is 14.9 Å². The van der Waals surface area contributed by atoms with Crippen LogP contribution in [0.1, 0.15) is 13.2 Å². The molecule has 1 aromatic heterocycles. The summed E-state index contributed by atoms with van der Waals surface area (Å²) in [4.78, 5) is 15.4. The first-order valence-electron chi connectivity index (χ1n) is 5.96. The first kappa shape index (κ1) is 14.5. The molecule has 8 heteroatoms. The Morgan fingerprint density at radius 1 is 1.65 bits per heavy atom. The third-order valence-electron chi connectivity index (χ3n) is 3.18. The van der Waals surface area contributed by atoms with Gasteiger partial charge in [0.2, 0.25) is 0 Å². The summed E-state index contributed by atoms with van der Waals surface area (Å²) in [6.07, 6.45) is -1.88. The Hall–Kier alpha value is -1.92. The molecule has 1 unspecified atom stereocenters. The molecule has 1 aliphatic heterocycles. The Balaban J connectivity index is 2.52. The first-order valence-corrected chi connectivity index (χ1v) is 5.96. The molecule has 8 nitrogen and oxygen atoms in total. The Morgan fingerprint density at radius 3 is 2.90 bits per heavy atom. The zero-order chi connectivity index (χ0) is 14.9. The second-order valence-corrected chi connectivity index (χ2v) is 4.50. The number of ether oxygens (including phenoxy) is 1. The second-order valence-electron chi connectivity index (χ2n) is 4.50. The second kappa shape index (κ2) is 5.22. The highest BCUT2D eigenvalue weighted by Gasteiger charge is 2.54. The van der Waals surface area contributed by atoms with Gasteiger partial charge in [0.25, 0.3) is 0 Å². The number of nitrogen functional groups attached to an aromatic ring is 1. The summed E-state index contributed by atoms with van der Waals surface area (Å²) in [5.41, 5.74) is 9.31. The lowest BCUT2D eigenvalue weighted by Gasteiger charge is -2.27. The lowest BCUT2D eigenvalue weighted by molar-refractivity contribution is -0.0476. The van der Waals surface area contributed by atoms with Crippen molar-refractivity contribution in [2.45, 2.75) is 30.9 Å². The van der Waals surface area contributed by atoms with E-state index in [9.17, 15) is 15.0 Å². The molecule has 6 N–H and O–H groups in total. The molecule has 0 aromatic carbocycles. The van der Waals surface area contributed by atoms with Gasteiger partial charge in [0.1, 0.15) is 18.0 Å². The smallest absolute Gasteiger partial charge is 0.351 e. The number of aliphatic hydroxyl groups is 2. The number of aliphatic hydroxyl groups excluding tert-OH is 2. The van der Waals surface area contributed by atoms with Crippen LogP contribution >= 0.6 is 0 Å². The van der Waals surface area contributed by atoms with Gasteiger partial charge < -0.3 is 26.4 Å². The van der Waals surface area contributed by atoms with Crippen molar-refractivity contribution in [2.24, 2.45) is 5.73 Å². The minimum Gasteiger partial charge on any atom is -0.394 e. The Kier molecular flexibility index (Phi) is 3.78. The first-order chi connectivity index (χ1) is 9.43. The van der Waals surface area contributed by atoms with Crippen LogP contribution in [0.2, 0.25) is 0 Å². The molecule has 0 amide bonds. The van der Waals surface area contributed by atoms with Crippen LogP contribution < -0.4 is 17.2 Å². The van der Waals surface area contributed by atoms with Crippen LogP contribution in [-0.4, -0.2) is 44.1 Å². The van der Waals surface area contributed by atoms with E-state index in [-0.39, 0.29) is 5.82 Å². The normalized spacial score (nSPS) is 32.7. The molecule has 2 heterocycles.